The zero-order valence-corrected chi connectivity index (χ0v) is 15.3. The van der Waals surface area contributed by atoms with Crippen molar-refractivity contribution in [2.24, 2.45) is 0 Å². The van der Waals surface area contributed by atoms with Crippen molar-refractivity contribution in [1.82, 2.24) is 20.2 Å². The summed E-state index contributed by atoms with van der Waals surface area (Å²) < 4.78 is 10.3. The predicted octanol–water partition coefficient (Wildman–Crippen LogP) is 4.14. The van der Waals surface area contributed by atoms with Gasteiger partial charge in [0, 0.05) is 18.2 Å². The maximum Gasteiger partial charge on any atom is 0.295 e. The Morgan fingerprint density at radius 2 is 1.58 bits per heavy atom. The molecule has 2 fully saturated rings. The third-order valence-corrected chi connectivity index (χ3v) is 5.64. The number of carbonyl (C=O) groups is 1. The van der Waals surface area contributed by atoms with Crippen molar-refractivity contribution in [3.05, 3.63) is 17.7 Å². The van der Waals surface area contributed by atoms with Crippen molar-refractivity contribution in [2.75, 3.05) is 0 Å². The molecule has 26 heavy (non-hydrogen) atoms. The molecule has 2 aliphatic carbocycles. The highest BCUT2D eigenvalue weighted by Crippen LogP contribution is 2.31. The van der Waals surface area contributed by atoms with Gasteiger partial charge in [0.15, 0.2) is 5.69 Å². The first-order valence-electron chi connectivity index (χ1n) is 9.82. The zero-order valence-electron chi connectivity index (χ0n) is 15.3. The normalized spacial score (nSPS) is 19.6. The third kappa shape index (κ3) is 3.52. The van der Waals surface area contributed by atoms with E-state index in [1.54, 1.807) is 13.0 Å². The van der Waals surface area contributed by atoms with Gasteiger partial charge in [-0.25, -0.2) is 0 Å². The van der Waals surface area contributed by atoms with Crippen LogP contribution in [0, 0.1) is 6.92 Å². The predicted molar refractivity (Wildman–Crippen MR) is 94.4 cm³/mol. The molecule has 2 aromatic rings. The number of hydrogen-bond acceptors (Lipinski definition) is 6. The van der Waals surface area contributed by atoms with Gasteiger partial charge in [-0.2, -0.15) is 4.98 Å². The average Bonchev–Trinajstić information content (AvgIpc) is 3.33. The van der Waals surface area contributed by atoms with Crippen molar-refractivity contribution < 1.29 is 13.8 Å². The van der Waals surface area contributed by atoms with Gasteiger partial charge in [0.1, 0.15) is 5.76 Å². The van der Waals surface area contributed by atoms with Crippen molar-refractivity contribution in [3.8, 4) is 11.6 Å². The summed E-state index contributed by atoms with van der Waals surface area (Å²) in [7, 11) is 0. The summed E-state index contributed by atoms with van der Waals surface area (Å²) in [6.45, 7) is 1.80. The zero-order chi connectivity index (χ0) is 17.9. The second-order valence-corrected chi connectivity index (χ2v) is 7.54. The van der Waals surface area contributed by atoms with Crippen molar-refractivity contribution in [2.45, 2.75) is 83.2 Å². The Bertz CT molecular complexity index is 724. The standard InChI is InChI=1S/C19H26N4O3/c1-13-12-16(21-25-13)18-20-17(22-26-18)19(24)23(14-8-4-2-5-9-14)15-10-6-3-7-11-15/h12,14-15H,2-11H2,1H3. The summed E-state index contributed by atoms with van der Waals surface area (Å²) in [5.41, 5.74) is 0.468. The Balaban J connectivity index is 1.58. The lowest BCUT2D eigenvalue weighted by molar-refractivity contribution is 0.0433. The minimum absolute atomic E-state index is 0.0981. The summed E-state index contributed by atoms with van der Waals surface area (Å²) in [4.78, 5) is 19.7. The topological polar surface area (TPSA) is 85.3 Å². The molecule has 1 amide bonds. The first kappa shape index (κ1) is 17.2. The molecular formula is C19H26N4O3. The average molecular weight is 358 g/mol. The van der Waals surface area contributed by atoms with Gasteiger partial charge < -0.3 is 13.9 Å². The highest BCUT2D eigenvalue weighted by molar-refractivity contribution is 5.91. The van der Waals surface area contributed by atoms with Crippen LogP contribution in [0.25, 0.3) is 11.6 Å². The van der Waals surface area contributed by atoms with E-state index >= 15 is 0 Å². The fourth-order valence-corrected chi connectivity index (χ4v) is 4.35. The molecule has 7 nitrogen and oxygen atoms in total. The molecule has 0 radical (unpaired) electrons. The van der Waals surface area contributed by atoms with Crippen LogP contribution in [0.1, 0.15) is 80.6 Å². The summed E-state index contributed by atoms with van der Waals surface area (Å²) in [5.74, 6) is 0.936. The minimum Gasteiger partial charge on any atom is -0.361 e. The van der Waals surface area contributed by atoms with Gasteiger partial charge in [0.25, 0.3) is 17.6 Å². The molecule has 0 N–H and O–H groups in total. The van der Waals surface area contributed by atoms with Crippen LogP contribution in [0.2, 0.25) is 0 Å². The van der Waals surface area contributed by atoms with Crippen molar-refractivity contribution >= 4 is 5.91 Å². The summed E-state index contributed by atoms with van der Waals surface area (Å²) >= 11 is 0. The second-order valence-electron chi connectivity index (χ2n) is 7.54. The van der Waals surface area contributed by atoms with Gasteiger partial charge in [-0.05, 0) is 32.6 Å². The first-order chi connectivity index (χ1) is 12.7. The van der Waals surface area contributed by atoms with Crippen LogP contribution < -0.4 is 0 Å². The Labute approximate surface area is 153 Å². The fraction of sp³-hybridized carbons (Fsp3) is 0.684. The van der Waals surface area contributed by atoms with E-state index < -0.39 is 0 Å². The third-order valence-electron chi connectivity index (χ3n) is 5.64. The molecular weight excluding hydrogens is 332 g/mol. The van der Waals surface area contributed by atoms with Gasteiger partial charge in [-0.3, -0.25) is 4.79 Å². The number of aryl methyl sites for hydroxylation is 1. The molecule has 2 saturated carbocycles. The van der Waals surface area contributed by atoms with Crippen LogP contribution in [-0.2, 0) is 0 Å². The van der Waals surface area contributed by atoms with Crippen LogP contribution in [0.15, 0.2) is 15.1 Å². The largest absolute Gasteiger partial charge is 0.361 e. The summed E-state index contributed by atoms with van der Waals surface area (Å²) in [6, 6.07) is 2.33. The smallest absolute Gasteiger partial charge is 0.295 e. The van der Waals surface area contributed by atoms with Crippen LogP contribution in [0.5, 0.6) is 0 Å². The quantitative estimate of drug-likeness (QED) is 0.816. The molecule has 0 spiro atoms. The maximum atomic E-state index is 13.3. The molecule has 0 atom stereocenters. The monoisotopic (exact) mass is 358 g/mol. The van der Waals surface area contributed by atoms with E-state index in [1.165, 1.54) is 38.5 Å². The lowest BCUT2D eigenvalue weighted by Crippen LogP contribution is -2.49. The second kappa shape index (κ2) is 7.60. The minimum atomic E-state index is -0.0981. The molecule has 140 valence electrons. The van der Waals surface area contributed by atoms with E-state index in [-0.39, 0.29) is 17.6 Å². The number of carbonyl (C=O) groups excluding carboxylic acids is 1. The maximum absolute atomic E-state index is 13.3. The van der Waals surface area contributed by atoms with E-state index in [9.17, 15) is 4.79 Å². The van der Waals surface area contributed by atoms with E-state index in [1.807, 2.05) is 0 Å². The molecule has 0 aliphatic heterocycles. The molecule has 0 bridgehead atoms. The molecule has 0 saturated heterocycles. The molecule has 0 aromatic carbocycles. The number of rotatable bonds is 4. The number of amides is 1. The van der Waals surface area contributed by atoms with E-state index in [0.29, 0.717) is 23.5 Å². The van der Waals surface area contributed by atoms with E-state index in [2.05, 4.69) is 20.2 Å². The van der Waals surface area contributed by atoms with Gasteiger partial charge in [-0.15, -0.1) is 0 Å². The van der Waals surface area contributed by atoms with Crippen LogP contribution >= 0.6 is 0 Å². The van der Waals surface area contributed by atoms with Gasteiger partial charge in [0.2, 0.25) is 0 Å². The number of aromatic nitrogens is 3. The molecule has 0 unspecified atom stereocenters. The summed E-state index contributed by atoms with van der Waals surface area (Å²) in [6.07, 6.45) is 11.6. The van der Waals surface area contributed by atoms with Crippen molar-refractivity contribution in [3.63, 3.8) is 0 Å². The first-order valence-corrected chi connectivity index (χ1v) is 9.82. The summed E-state index contributed by atoms with van der Waals surface area (Å²) in [5, 5.41) is 7.84. The molecule has 4 rings (SSSR count). The van der Waals surface area contributed by atoms with Crippen LogP contribution in [0.3, 0.4) is 0 Å². The highest BCUT2D eigenvalue weighted by Gasteiger charge is 2.35. The Morgan fingerprint density at radius 3 is 2.12 bits per heavy atom. The Morgan fingerprint density at radius 1 is 0.962 bits per heavy atom. The fourth-order valence-electron chi connectivity index (χ4n) is 4.35. The van der Waals surface area contributed by atoms with Crippen molar-refractivity contribution in [1.29, 1.82) is 0 Å². The van der Waals surface area contributed by atoms with Gasteiger partial charge >= 0.3 is 0 Å². The molecule has 2 aliphatic rings. The van der Waals surface area contributed by atoms with Crippen LogP contribution in [-0.4, -0.2) is 38.2 Å². The SMILES string of the molecule is Cc1cc(-c2nc(C(=O)N(C3CCCCC3)C3CCCCC3)no2)no1. The Hall–Kier alpha value is -2.18. The Kier molecular flexibility index (Phi) is 5.04. The molecule has 7 heteroatoms. The lowest BCUT2D eigenvalue weighted by Gasteiger charge is -2.41. The lowest BCUT2D eigenvalue weighted by atomic mass is 9.88. The number of nitrogens with zero attached hydrogens (tertiary/aromatic N) is 4. The molecule has 2 heterocycles. The number of hydrogen-bond donors (Lipinski definition) is 0. The van der Waals surface area contributed by atoms with Gasteiger partial charge in [0.05, 0.1) is 0 Å². The molecule has 2 aromatic heterocycles. The van der Waals surface area contributed by atoms with Gasteiger partial charge in [-0.1, -0.05) is 48.8 Å². The van der Waals surface area contributed by atoms with E-state index in [0.717, 1.165) is 25.7 Å². The van der Waals surface area contributed by atoms with E-state index in [4.69, 9.17) is 9.05 Å². The highest BCUT2D eigenvalue weighted by atomic mass is 16.5. The van der Waals surface area contributed by atoms with Crippen LogP contribution in [0.4, 0.5) is 0 Å².